The van der Waals surface area contributed by atoms with Crippen LogP contribution in [0.4, 0.5) is 0 Å². The average Bonchev–Trinajstić information content (AvgIpc) is 2.57. The molecule has 1 aliphatic rings. The maximum Gasteiger partial charge on any atom is 0.253 e. The summed E-state index contributed by atoms with van der Waals surface area (Å²) >= 11 is 0. The Morgan fingerprint density at radius 2 is 1.96 bits per heavy atom. The zero-order chi connectivity index (χ0) is 16.8. The van der Waals surface area contributed by atoms with Crippen molar-refractivity contribution in [3.8, 4) is 0 Å². The van der Waals surface area contributed by atoms with Crippen molar-refractivity contribution in [2.45, 2.75) is 25.9 Å². The van der Waals surface area contributed by atoms with Crippen molar-refractivity contribution >= 4 is 5.91 Å². The smallest absolute Gasteiger partial charge is 0.253 e. The minimum Gasteiger partial charge on any atom is -0.395 e. The first-order chi connectivity index (χ1) is 11.0. The summed E-state index contributed by atoms with van der Waals surface area (Å²) in [5.41, 5.74) is 1.93. The molecule has 1 amide bonds. The number of benzene rings is 1. The molecule has 1 fully saturated rings. The Balaban J connectivity index is 1.92. The number of amides is 1. The van der Waals surface area contributed by atoms with E-state index in [1.807, 2.05) is 18.2 Å². The molecule has 128 valence electrons. The lowest BCUT2D eigenvalue weighted by Gasteiger charge is -2.38. The molecule has 0 bridgehead atoms. The topological polar surface area (TPSA) is 47.0 Å². The molecule has 1 unspecified atom stereocenters. The van der Waals surface area contributed by atoms with Gasteiger partial charge in [-0.15, -0.1) is 0 Å². The van der Waals surface area contributed by atoms with Gasteiger partial charge in [-0.3, -0.25) is 14.6 Å². The maximum absolute atomic E-state index is 12.1. The first-order valence-corrected chi connectivity index (χ1v) is 8.43. The lowest BCUT2D eigenvalue weighted by Crippen LogP contribution is -2.50. The van der Waals surface area contributed by atoms with Gasteiger partial charge in [-0.1, -0.05) is 19.1 Å². The summed E-state index contributed by atoms with van der Waals surface area (Å²) in [4.78, 5) is 18.5. The second-order valence-corrected chi connectivity index (χ2v) is 6.46. The molecule has 1 saturated heterocycles. The fourth-order valence-electron chi connectivity index (χ4n) is 3.11. The van der Waals surface area contributed by atoms with Crippen LogP contribution in [0.25, 0.3) is 0 Å². The zero-order valence-corrected chi connectivity index (χ0v) is 14.5. The standard InChI is InChI=1S/C18H29N3O2/c1-4-17(14-22)21-10-8-20(9-11-21)13-15-6-5-7-16(12-15)18(23)19(2)3/h5-7,12,17,22H,4,8-11,13-14H2,1-3H3. The van der Waals surface area contributed by atoms with Gasteiger partial charge in [0.25, 0.3) is 5.91 Å². The summed E-state index contributed by atoms with van der Waals surface area (Å²) in [7, 11) is 3.55. The van der Waals surface area contributed by atoms with E-state index in [1.54, 1.807) is 19.0 Å². The first-order valence-electron chi connectivity index (χ1n) is 8.43. The largest absolute Gasteiger partial charge is 0.395 e. The maximum atomic E-state index is 12.1. The van der Waals surface area contributed by atoms with Gasteiger partial charge < -0.3 is 10.0 Å². The Labute approximate surface area is 139 Å². The van der Waals surface area contributed by atoms with Crippen LogP contribution in [-0.4, -0.2) is 78.6 Å². The van der Waals surface area contributed by atoms with Gasteiger partial charge in [0.1, 0.15) is 0 Å². The highest BCUT2D eigenvalue weighted by atomic mass is 16.3. The van der Waals surface area contributed by atoms with Crippen molar-refractivity contribution in [2.24, 2.45) is 0 Å². The highest BCUT2D eigenvalue weighted by Gasteiger charge is 2.22. The molecule has 5 heteroatoms. The highest BCUT2D eigenvalue weighted by molar-refractivity contribution is 5.94. The minimum absolute atomic E-state index is 0.0467. The van der Waals surface area contributed by atoms with E-state index in [-0.39, 0.29) is 18.6 Å². The number of piperazine rings is 1. The quantitative estimate of drug-likeness (QED) is 0.858. The molecule has 0 aromatic heterocycles. The molecule has 0 saturated carbocycles. The summed E-state index contributed by atoms with van der Waals surface area (Å²) in [6, 6.07) is 8.20. The number of aliphatic hydroxyl groups excluding tert-OH is 1. The first kappa shape index (κ1) is 17.9. The fraction of sp³-hybridized carbons (Fsp3) is 0.611. The summed E-state index contributed by atoms with van der Waals surface area (Å²) in [6.45, 7) is 7.24. The molecular formula is C18H29N3O2. The lowest BCUT2D eigenvalue weighted by atomic mass is 10.1. The van der Waals surface area contributed by atoms with Gasteiger partial charge in [0.2, 0.25) is 0 Å². The molecule has 1 heterocycles. The molecule has 0 radical (unpaired) electrons. The predicted octanol–water partition coefficient (Wildman–Crippen LogP) is 1.28. The van der Waals surface area contributed by atoms with Gasteiger partial charge >= 0.3 is 0 Å². The zero-order valence-electron chi connectivity index (χ0n) is 14.5. The summed E-state index contributed by atoms with van der Waals surface area (Å²) in [5, 5.41) is 9.42. The molecule has 23 heavy (non-hydrogen) atoms. The van der Waals surface area contributed by atoms with Crippen LogP contribution in [0.1, 0.15) is 29.3 Å². The monoisotopic (exact) mass is 319 g/mol. The van der Waals surface area contributed by atoms with Gasteiger partial charge in [0.05, 0.1) is 6.61 Å². The second kappa shape index (κ2) is 8.43. The van der Waals surface area contributed by atoms with Gasteiger partial charge in [-0.2, -0.15) is 0 Å². The Morgan fingerprint density at radius 1 is 1.26 bits per heavy atom. The SMILES string of the molecule is CCC(CO)N1CCN(Cc2cccc(C(=O)N(C)C)c2)CC1. The van der Waals surface area contributed by atoms with Crippen LogP contribution in [0, 0.1) is 0 Å². The van der Waals surface area contributed by atoms with Crippen LogP contribution in [0.5, 0.6) is 0 Å². The van der Waals surface area contributed by atoms with Crippen molar-refractivity contribution < 1.29 is 9.90 Å². The van der Waals surface area contributed by atoms with Crippen LogP contribution in [0.3, 0.4) is 0 Å². The van der Waals surface area contributed by atoms with Crippen molar-refractivity contribution in [1.29, 1.82) is 0 Å². The van der Waals surface area contributed by atoms with Gasteiger partial charge in [-0.25, -0.2) is 0 Å². The molecule has 1 aliphatic heterocycles. The molecule has 2 rings (SSSR count). The van der Waals surface area contributed by atoms with E-state index in [0.717, 1.165) is 44.7 Å². The number of carbonyl (C=O) groups excluding carboxylic acids is 1. The third-order valence-electron chi connectivity index (χ3n) is 4.59. The van der Waals surface area contributed by atoms with E-state index in [0.29, 0.717) is 0 Å². The van der Waals surface area contributed by atoms with Gasteiger partial charge in [0, 0.05) is 58.4 Å². The lowest BCUT2D eigenvalue weighted by molar-refractivity contribution is 0.0608. The summed E-state index contributed by atoms with van der Waals surface area (Å²) in [5.74, 6) is 0.0467. The molecule has 1 aromatic rings. The Kier molecular flexibility index (Phi) is 6.57. The van der Waals surface area contributed by atoms with E-state index in [4.69, 9.17) is 0 Å². The van der Waals surface area contributed by atoms with Crippen LogP contribution >= 0.6 is 0 Å². The molecule has 5 nitrogen and oxygen atoms in total. The van der Waals surface area contributed by atoms with Crippen LogP contribution < -0.4 is 0 Å². The third kappa shape index (κ3) is 4.77. The summed E-state index contributed by atoms with van der Waals surface area (Å²) in [6.07, 6.45) is 0.991. The molecular weight excluding hydrogens is 290 g/mol. The molecule has 1 N–H and O–H groups in total. The van der Waals surface area contributed by atoms with E-state index in [1.165, 1.54) is 5.56 Å². The van der Waals surface area contributed by atoms with Crippen LogP contribution in [-0.2, 0) is 6.54 Å². The van der Waals surface area contributed by atoms with E-state index in [9.17, 15) is 9.90 Å². The number of hydrogen-bond acceptors (Lipinski definition) is 4. The van der Waals surface area contributed by atoms with E-state index < -0.39 is 0 Å². The Morgan fingerprint density at radius 3 is 2.52 bits per heavy atom. The fourth-order valence-corrected chi connectivity index (χ4v) is 3.11. The predicted molar refractivity (Wildman–Crippen MR) is 92.5 cm³/mol. The number of aliphatic hydroxyl groups is 1. The Bertz CT molecular complexity index is 507. The van der Waals surface area contributed by atoms with Crippen molar-refractivity contribution in [2.75, 3.05) is 46.9 Å². The summed E-state index contributed by atoms with van der Waals surface area (Å²) < 4.78 is 0. The van der Waals surface area contributed by atoms with E-state index >= 15 is 0 Å². The normalized spacial score (nSPS) is 17.9. The van der Waals surface area contributed by atoms with Gasteiger partial charge in [-0.05, 0) is 24.1 Å². The molecule has 0 aliphatic carbocycles. The molecule has 1 atom stereocenters. The highest BCUT2D eigenvalue weighted by Crippen LogP contribution is 2.14. The second-order valence-electron chi connectivity index (χ2n) is 6.46. The van der Waals surface area contributed by atoms with Crippen LogP contribution in [0.15, 0.2) is 24.3 Å². The average molecular weight is 319 g/mol. The number of hydrogen-bond donors (Lipinski definition) is 1. The Hall–Kier alpha value is -1.43. The number of carbonyl (C=O) groups is 1. The number of rotatable bonds is 6. The van der Waals surface area contributed by atoms with Crippen LogP contribution in [0.2, 0.25) is 0 Å². The molecule has 0 spiro atoms. The van der Waals surface area contributed by atoms with E-state index in [2.05, 4.69) is 22.8 Å². The third-order valence-corrected chi connectivity index (χ3v) is 4.59. The molecule has 1 aromatic carbocycles. The van der Waals surface area contributed by atoms with Gasteiger partial charge in [0.15, 0.2) is 0 Å². The minimum atomic E-state index is 0.0467. The number of nitrogens with zero attached hydrogens (tertiary/aromatic N) is 3. The van der Waals surface area contributed by atoms with Crippen molar-refractivity contribution in [3.05, 3.63) is 35.4 Å². The van der Waals surface area contributed by atoms with Crippen molar-refractivity contribution in [3.63, 3.8) is 0 Å². The van der Waals surface area contributed by atoms with Crippen molar-refractivity contribution in [1.82, 2.24) is 14.7 Å².